The van der Waals surface area contributed by atoms with Crippen molar-refractivity contribution in [1.82, 2.24) is 15.2 Å². The number of nitrogens with zero attached hydrogens (tertiary/aromatic N) is 2. The summed E-state index contributed by atoms with van der Waals surface area (Å²) < 4.78 is 0. The molecule has 2 fully saturated rings. The highest BCUT2D eigenvalue weighted by molar-refractivity contribution is 5.09. The minimum Gasteiger partial charge on any atom is -0.314 e. The van der Waals surface area contributed by atoms with Crippen LogP contribution in [0.25, 0.3) is 0 Å². The molecule has 3 rings (SSSR count). The van der Waals surface area contributed by atoms with Crippen LogP contribution in [0.1, 0.15) is 31.2 Å². The number of likely N-dealkylation sites (tertiary alicyclic amines) is 1. The first kappa shape index (κ1) is 12.1. The molecule has 3 nitrogen and oxygen atoms in total. The summed E-state index contributed by atoms with van der Waals surface area (Å²) in [4.78, 5) is 6.70. The molecule has 2 unspecified atom stereocenters. The Morgan fingerprint density at radius 1 is 1.22 bits per heavy atom. The first-order valence-electron chi connectivity index (χ1n) is 7.26. The summed E-state index contributed by atoms with van der Waals surface area (Å²) in [6.45, 7) is 4.84. The van der Waals surface area contributed by atoms with E-state index in [1.54, 1.807) is 0 Å². The van der Waals surface area contributed by atoms with Crippen molar-refractivity contribution in [1.29, 1.82) is 0 Å². The van der Waals surface area contributed by atoms with Gasteiger partial charge in [-0.1, -0.05) is 0 Å². The maximum atomic E-state index is 4.09. The van der Waals surface area contributed by atoms with Crippen LogP contribution in [0.4, 0.5) is 0 Å². The molecule has 3 heteroatoms. The zero-order valence-electron chi connectivity index (χ0n) is 11.0. The second-order valence-corrected chi connectivity index (χ2v) is 5.70. The largest absolute Gasteiger partial charge is 0.314 e. The van der Waals surface area contributed by atoms with Crippen molar-refractivity contribution in [3.8, 4) is 0 Å². The summed E-state index contributed by atoms with van der Waals surface area (Å²) in [5.74, 6) is 0.864. The van der Waals surface area contributed by atoms with E-state index in [0.29, 0.717) is 0 Å². The number of hydrogen-bond acceptors (Lipinski definition) is 3. The smallest absolute Gasteiger partial charge is 0.0271 e. The van der Waals surface area contributed by atoms with Gasteiger partial charge < -0.3 is 5.32 Å². The molecular weight excluding hydrogens is 222 g/mol. The lowest BCUT2D eigenvalue weighted by molar-refractivity contribution is 0.145. The Labute approximate surface area is 110 Å². The third-order valence-electron chi connectivity index (χ3n) is 4.36. The van der Waals surface area contributed by atoms with Gasteiger partial charge in [0.1, 0.15) is 0 Å². The Morgan fingerprint density at radius 2 is 2.11 bits per heavy atom. The van der Waals surface area contributed by atoms with Crippen LogP contribution in [0.5, 0.6) is 0 Å². The highest BCUT2D eigenvalue weighted by Gasteiger charge is 2.28. The molecule has 2 atom stereocenters. The van der Waals surface area contributed by atoms with Crippen LogP contribution in [0.15, 0.2) is 24.5 Å². The molecule has 0 aliphatic carbocycles. The number of rotatable bonds is 3. The van der Waals surface area contributed by atoms with Crippen molar-refractivity contribution >= 4 is 0 Å². The van der Waals surface area contributed by atoms with Gasteiger partial charge in [0.05, 0.1) is 0 Å². The summed E-state index contributed by atoms with van der Waals surface area (Å²) in [5, 5.41) is 3.67. The van der Waals surface area contributed by atoms with Gasteiger partial charge in [-0.05, 0) is 62.4 Å². The van der Waals surface area contributed by atoms with Gasteiger partial charge in [0, 0.05) is 31.5 Å². The molecule has 0 amide bonds. The van der Waals surface area contributed by atoms with Crippen molar-refractivity contribution in [2.24, 2.45) is 5.92 Å². The molecule has 2 saturated heterocycles. The Balaban J connectivity index is 1.56. The van der Waals surface area contributed by atoms with E-state index >= 15 is 0 Å². The van der Waals surface area contributed by atoms with E-state index in [-0.39, 0.29) is 0 Å². The third kappa shape index (κ3) is 2.90. The van der Waals surface area contributed by atoms with Crippen molar-refractivity contribution in [2.45, 2.75) is 38.3 Å². The lowest BCUT2D eigenvalue weighted by Crippen LogP contribution is -2.43. The summed E-state index contributed by atoms with van der Waals surface area (Å²) in [6.07, 6.45) is 9.31. The standard InChI is InChI=1S/C15H23N3/c1-4-15(17-7-1)14-3-2-10-18(12-14)11-13-5-8-16-9-6-13/h5-6,8-9,14-15,17H,1-4,7,10-12H2. The van der Waals surface area contributed by atoms with Crippen LogP contribution in [0, 0.1) is 5.92 Å². The molecule has 18 heavy (non-hydrogen) atoms. The molecule has 2 aliphatic rings. The molecule has 0 aromatic carbocycles. The van der Waals surface area contributed by atoms with Crippen molar-refractivity contribution in [3.05, 3.63) is 30.1 Å². The van der Waals surface area contributed by atoms with E-state index in [9.17, 15) is 0 Å². The van der Waals surface area contributed by atoms with Crippen molar-refractivity contribution < 1.29 is 0 Å². The maximum Gasteiger partial charge on any atom is 0.0271 e. The van der Waals surface area contributed by atoms with Crippen molar-refractivity contribution in [2.75, 3.05) is 19.6 Å². The van der Waals surface area contributed by atoms with Crippen LogP contribution >= 0.6 is 0 Å². The molecule has 2 aliphatic heterocycles. The maximum absolute atomic E-state index is 4.09. The Hall–Kier alpha value is -0.930. The summed E-state index contributed by atoms with van der Waals surface area (Å²) in [6, 6.07) is 5.06. The van der Waals surface area contributed by atoms with Gasteiger partial charge in [-0.25, -0.2) is 0 Å². The zero-order chi connectivity index (χ0) is 12.2. The van der Waals surface area contributed by atoms with Gasteiger partial charge in [-0.2, -0.15) is 0 Å². The first-order chi connectivity index (χ1) is 8.92. The third-order valence-corrected chi connectivity index (χ3v) is 4.36. The normalized spacial score (nSPS) is 29.6. The van der Waals surface area contributed by atoms with Gasteiger partial charge in [-0.3, -0.25) is 9.88 Å². The van der Waals surface area contributed by atoms with Crippen LogP contribution in [0.2, 0.25) is 0 Å². The minimum atomic E-state index is 0.783. The predicted octanol–water partition coefficient (Wildman–Crippen LogP) is 2.05. The summed E-state index contributed by atoms with van der Waals surface area (Å²) >= 11 is 0. The number of aromatic nitrogens is 1. The predicted molar refractivity (Wildman–Crippen MR) is 73.3 cm³/mol. The Bertz CT molecular complexity index is 359. The van der Waals surface area contributed by atoms with E-state index in [0.717, 1.165) is 18.5 Å². The fourth-order valence-corrected chi connectivity index (χ4v) is 3.42. The van der Waals surface area contributed by atoms with E-state index in [1.807, 2.05) is 12.4 Å². The molecule has 0 saturated carbocycles. The lowest BCUT2D eigenvalue weighted by atomic mass is 9.89. The van der Waals surface area contributed by atoms with Gasteiger partial charge in [0.25, 0.3) is 0 Å². The molecular formula is C15H23N3. The highest BCUT2D eigenvalue weighted by Crippen LogP contribution is 2.25. The Morgan fingerprint density at radius 3 is 2.89 bits per heavy atom. The topological polar surface area (TPSA) is 28.2 Å². The summed E-state index contributed by atoms with van der Waals surface area (Å²) in [7, 11) is 0. The van der Waals surface area contributed by atoms with E-state index in [4.69, 9.17) is 0 Å². The van der Waals surface area contributed by atoms with Crippen LogP contribution < -0.4 is 5.32 Å². The molecule has 1 aromatic heterocycles. The van der Waals surface area contributed by atoms with Crippen LogP contribution in [-0.2, 0) is 6.54 Å². The fraction of sp³-hybridized carbons (Fsp3) is 0.667. The number of pyridine rings is 1. The first-order valence-corrected chi connectivity index (χ1v) is 7.26. The second-order valence-electron chi connectivity index (χ2n) is 5.70. The molecule has 0 radical (unpaired) electrons. The average Bonchev–Trinajstić information content (AvgIpc) is 2.94. The van der Waals surface area contributed by atoms with Gasteiger partial charge in [-0.15, -0.1) is 0 Å². The number of hydrogen-bond donors (Lipinski definition) is 1. The van der Waals surface area contributed by atoms with Gasteiger partial charge in [0.15, 0.2) is 0 Å². The quantitative estimate of drug-likeness (QED) is 0.883. The highest BCUT2D eigenvalue weighted by atomic mass is 15.1. The molecule has 1 N–H and O–H groups in total. The second kappa shape index (κ2) is 5.81. The van der Waals surface area contributed by atoms with Crippen LogP contribution in [0.3, 0.4) is 0 Å². The van der Waals surface area contributed by atoms with Gasteiger partial charge >= 0.3 is 0 Å². The number of piperidine rings is 1. The van der Waals surface area contributed by atoms with Gasteiger partial charge in [0.2, 0.25) is 0 Å². The van der Waals surface area contributed by atoms with E-state index in [2.05, 4.69) is 27.3 Å². The lowest BCUT2D eigenvalue weighted by Gasteiger charge is -2.35. The zero-order valence-corrected chi connectivity index (χ0v) is 11.0. The minimum absolute atomic E-state index is 0.783. The van der Waals surface area contributed by atoms with Crippen LogP contribution in [-0.4, -0.2) is 35.6 Å². The Kier molecular flexibility index (Phi) is 3.91. The van der Waals surface area contributed by atoms with E-state index in [1.165, 1.54) is 50.9 Å². The van der Waals surface area contributed by atoms with Crippen molar-refractivity contribution in [3.63, 3.8) is 0 Å². The molecule has 3 heterocycles. The average molecular weight is 245 g/mol. The SMILES string of the molecule is c1cc(CN2CCCC(C3CCCN3)C2)ccn1. The summed E-state index contributed by atoms with van der Waals surface area (Å²) in [5.41, 5.74) is 1.39. The molecule has 1 aromatic rings. The molecule has 0 spiro atoms. The fourth-order valence-electron chi connectivity index (χ4n) is 3.42. The van der Waals surface area contributed by atoms with E-state index < -0.39 is 0 Å². The molecule has 0 bridgehead atoms. The monoisotopic (exact) mass is 245 g/mol. The number of nitrogens with one attached hydrogen (secondary N) is 1. The molecule has 98 valence electrons.